The van der Waals surface area contributed by atoms with E-state index in [1.807, 2.05) is 0 Å². The molecule has 0 bridgehead atoms. The molecule has 1 aliphatic heterocycles. The number of carboxylic acid groups (broad SMARTS) is 1. The van der Waals surface area contributed by atoms with Crippen LogP contribution in [0.1, 0.15) is 17.5 Å². The van der Waals surface area contributed by atoms with Gasteiger partial charge in [0.05, 0.1) is 5.56 Å². The smallest absolute Gasteiger partial charge is 0.475 e. The number of halogens is 6. The minimum Gasteiger partial charge on any atom is -0.475 e. The van der Waals surface area contributed by atoms with Gasteiger partial charge in [-0.1, -0.05) is 12.1 Å². The van der Waals surface area contributed by atoms with Crippen molar-refractivity contribution in [2.24, 2.45) is 0 Å². The third kappa shape index (κ3) is 8.62. The molecule has 12 heteroatoms. The summed E-state index contributed by atoms with van der Waals surface area (Å²) in [7, 11) is 0. The van der Waals surface area contributed by atoms with Crippen LogP contribution >= 0.6 is 0 Å². The Morgan fingerprint density at radius 1 is 1.11 bits per heavy atom. The van der Waals surface area contributed by atoms with Crippen LogP contribution in [0.15, 0.2) is 24.3 Å². The second kappa shape index (κ2) is 9.44. The number of alkyl halides is 6. The molecule has 0 aromatic heterocycles. The summed E-state index contributed by atoms with van der Waals surface area (Å²) in [5.41, 5.74) is -0.0690. The van der Waals surface area contributed by atoms with Crippen molar-refractivity contribution in [3.8, 4) is 0 Å². The van der Waals surface area contributed by atoms with E-state index in [0.29, 0.717) is 5.56 Å². The number of hydrogen-bond acceptors (Lipinski definition) is 3. The van der Waals surface area contributed by atoms with Crippen molar-refractivity contribution in [3.05, 3.63) is 35.4 Å². The van der Waals surface area contributed by atoms with Crippen LogP contribution in [0, 0.1) is 0 Å². The Morgan fingerprint density at radius 3 is 2.07 bits per heavy atom. The molecule has 27 heavy (non-hydrogen) atoms. The summed E-state index contributed by atoms with van der Waals surface area (Å²) in [5, 5.41) is 15.7. The maximum atomic E-state index is 12.4. The predicted octanol–water partition coefficient (Wildman–Crippen LogP) is 2.50. The van der Waals surface area contributed by atoms with E-state index in [0.717, 1.165) is 31.6 Å². The highest BCUT2D eigenvalue weighted by atomic mass is 19.4. The topological polar surface area (TPSA) is 90.5 Å². The second-order valence-electron chi connectivity index (χ2n) is 5.51. The zero-order valence-corrected chi connectivity index (χ0v) is 13.7. The molecule has 2 rings (SSSR count). The molecule has 1 aliphatic rings. The molecule has 1 unspecified atom stereocenters. The van der Waals surface area contributed by atoms with Crippen LogP contribution in [0.2, 0.25) is 0 Å². The lowest BCUT2D eigenvalue weighted by Crippen LogP contribution is -2.42. The lowest BCUT2D eigenvalue weighted by molar-refractivity contribution is -0.192. The molecule has 0 saturated carbocycles. The van der Waals surface area contributed by atoms with E-state index in [4.69, 9.17) is 9.90 Å². The highest BCUT2D eigenvalue weighted by Gasteiger charge is 2.38. The fourth-order valence-electron chi connectivity index (χ4n) is 2.01. The number of aliphatic carboxylic acids is 1. The van der Waals surface area contributed by atoms with Crippen LogP contribution in [0.5, 0.6) is 0 Å². The van der Waals surface area contributed by atoms with Crippen LogP contribution in [-0.2, 0) is 17.5 Å². The van der Waals surface area contributed by atoms with Gasteiger partial charge in [-0.25, -0.2) is 9.59 Å². The molecule has 1 heterocycles. The predicted molar refractivity (Wildman–Crippen MR) is 81.8 cm³/mol. The number of carbonyl (C=O) groups excluding carboxylic acids is 1. The molecule has 1 aromatic rings. The van der Waals surface area contributed by atoms with E-state index >= 15 is 0 Å². The zero-order valence-electron chi connectivity index (χ0n) is 13.7. The van der Waals surface area contributed by atoms with Crippen molar-refractivity contribution >= 4 is 12.0 Å². The Bertz CT molecular complexity index is 625. The van der Waals surface area contributed by atoms with Crippen LogP contribution in [0.25, 0.3) is 0 Å². The number of urea groups is 1. The first kappa shape index (κ1) is 22.5. The molecule has 0 aliphatic carbocycles. The average molecular weight is 401 g/mol. The van der Waals surface area contributed by atoms with Gasteiger partial charge < -0.3 is 21.1 Å². The fraction of sp³-hybridized carbons (Fsp3) is 0.467. The van der Waals surface area contributed by atoms with Crippen molar-refractivity contribution in [2.75, 3.05) is 13.1 Å². The molecule has 152 valence electrons. The lowest BCUT2D eigenvalue weighted by Gasteiger charge is -2.13. The molecule has 6 nitrogen and oxygen atoms in total. The molecule has 2 amide bonds. The van der Waals surface area contributed by atoms with Crippen LogP contribution in [0.3, 0.4) is 0 Å². The normalized spacial score (nSPS) is 16.9. The molecular formula is C15H17F6N3O3. The number of benzene rings is 1. The van der Waals surface area contributed by atoms with Crippen LogP contribution in [0.4, 0.5) is 31.1 Å². The molecule has 4 N–H and O–H groups in total. The molecular weight excluding hydrogens is 384 g/mol. The third-order valence-electron chi connectivity index (χ3n) is 3.37. The maximum Gasteiger partial charge on any atom is 0.490 e. The van der Waals surface area contributed by atoms with Gasteiger partial charge in [0, 0.05) is 19.1 Å². The van der Waals surface area contributed by atoms with E-state index < -0.39 is 23.9 Å². The summed E-state index contributed by atoms with van der Waals surface area (Å²) >= 11 is 0. The van der Waals surface area contributed by atoms with Crippen molar-refractivity contribution < 1.29 is 41.0 Å². The quantitative estimate of drug-likeness (QED) is 0.586. The maximum absolute atomic E-state index is 12.4. The second-order valence-corrected chi connectivity index (χ2v) is 5.51. The third-order valence-corrected chi connectivity index (χ3v) is 3.37. The molecule has 1 aromatic carbocycles. The average Bonchev–Trinajstić information content (AvgIpc) is 3.05. The number of carboxylic acids is 1. The number of amides is 2. The molecule has 1 atom stereocenters. The van der Waals surface area contributed by atoms with Crippen molar-refractivity contribution in [1.82, 2.24) is 16.0 Å². The molecule has 1 fully saturated rings. The minimum atomic E-state index is -5.08. The van der Waals surface area contributed by atoms with Gasteiger partial charge in [0.25, 0.3) is 0 Å². The first-order chi connectivity index (χ1) is 12.4. The number of nitrogens with one attached hydrogen (secondary N) is 3. The standard InChI is InChI=1S/C13H16F3N3O.C2HF3O2/c14-13(15,16)10-3-1-9(2-4-10)7-18-12(20)19-11-5-6-17-8-11;3-2(4,5)1(6)7/h1-4,11,17H,5-8H2,(H2,18,19,20);(H,6,7). The monoisotopic (exact) mass is 401 g/mol. The molecule has 0 spiro atoms. The van der Waals surface area contributed by atoms with Crippen molar-refractivity contribution in [1.29, 1.82) is 0 Å². The van der Waals surface area contributed by atoms with Crippen LogP contribution < -0.4 is 16.0 Å². The Balaban J connectivity index is 0.000000445. The van der Waals surface area contributed by atoms with E-state index in [-0.39, 0.29) is 18.6 Å². The number of rotatable bonds is 3. The van der Waals surface area contributed by atoms with Gasteiger partial charge >= 0.3 is 24.4 Å². The Hall–Kier alpha value is -2.50. The summed E-state index contributed by atoms with van der Waals surface area (Å²) in [5.74, 6) is -2.76. The highest BCUT2D eigenvalue weighted by molar-refractivity contribution is 5.74. The van der Waals surface area contributed by atoms with Gasteiger partial charge in [0.2, 0.25) is 0 Å². The van der Waals surface area contributed by atoms with Gasteiger partial charge in [-0.15, -0.1) is 0 Å². The van der Waals surface area contributed by atoms with E-state index in [2.05, 4.69) is 16.0 Å². The molecule has 1 saturated heterocycles. The number of carbonyl (C=O) groups is 2. The summed E-state index contributed by atoms with van der Waals surface area (Å²) < 4.78 is 68.9. The summed E-state index contributed by atoms with van der Waals surface area (Å²) in [6, 6.07) is 4.55. The molecule has 0 radical (unpaired) electrons. The Labute approximate surface area is 149 Å². The fourth-order valence-corrected chi connectivity index (χ4v) is 2.01. The SMILES string of the molecule is O=C(NCc1ccc(C(F)(F)F)cc1)NC1CCNC1.O=C(O)C(F)(F)F. The van der Waals surface area contributed by atoms with Crippen molar-refractivity contribution in [3.63, 3.8) is 0 Å². The first-order valence-electron chi connectivity index (χ1n) is 7.61. The van der Waals surface area contributed by atoms with Gasteiger partial charge in [0.15, 0.2) is 0 Å². The number of hydrogen-bond donors (Lipinski definition) is 4. The summed E-state index contributed by atoms with van der Waals surface area (Å²) in [6.07, 6.45) is -8.54. The van der Waals surface area contributed by atoms with Crippen molar-refractivity contribution in [2.45, 2.75) is 31.4 Å². The minimum absolute atomic E-state index is 0.114. The highest BCUT2D eigenvalue weighted by Crippen LogP contribution is 2.29. The summed E-state index contributed by atoms with van der Waals surface area (Å²) in [6.45, 7) is 1.82. The van der Waals surface area contributed by atoms with Gasteiger partial charge in [0.1, 0.15) is 0 Å². The van der Waals surface area contributed by atoms with Gasteiger partial charge in [-0.05, 0) is 30.7 Å². The Kier molecular flexibility index (Phi) is 7.88. The van der Waals surface area contributed by atoms with Gasteiger partial charge in [-0.2, -0.15) is 26.3 Å². The van der Waals surface area contributed by atoms with E-state index in [1.165, 1.54) is 12.1 Å². The van der Waals surface area contributed by atoms with E-state index in [9.17, 15) is 31.1 Å². The Morgan fingerprint density at radius 2 is 1.67 bits per heavy atom. The zero-order chi connectivity index (χ0) is 20.7. The largest absolute Gasteiger partial charge is 0.490 e. The van der Waals surface area contributed by atoms with E-state index in [1.54, 1.807) is 0 Å². The van der Waals surface area contributed by atoms with Gasteiger partial charge in [-0.3, -0.25) is 0 Å². The van der Waals surface area contributed by atoms with Crippen LogP contribution in [-0.4, -0.2) is 42.4 Å². The first-order valence-corrected chi connectivity index (χ1v) is 7.61. The summed E-state index contributed by atoms with van der Waals surface area (Å²) in [4.78, 5) is 20.5. The lowest BCUT2D eigenvalue weighted by atomic mass is 10.1.